The highest BCUT2D eigenvalue weighted by molar-refractivity contribution is 6.37. The van der Waals surface area contributed by atoms with Gasteiger partial charge < -0.3 is 20.4 Å². The average Bonchev–Trinajstić information content (AvgIpc) is 3.12. The van der Waals surface area contributed by atoms with Crippen molar-refractivity contribution >= 4 is 34.5 Å². The van der Waals surface area contributed by atoms with E-state index in [0.717, 1.165) is 29.1 Å². The Morgan fingerprint density at radius 2 is 1.64 bits per heavy atom. The fourth-order valence-electron chi connectivity index (χ4n) is 3.95. The van der Waals surface area contributed by atoms with Crippen molar-refractivity contribution in [2.75, 3.05) is 38.8 Å². The molecule has 1 aliphatic rings. The van der Waals surface area contributed by atoms with E-state index in [-0.39, 0.29) is 11.8 Å². The molecular weight excluding hydrogens is 412 g/mol. The number of rotatable bonds is 6. The Bertz CT molecular complexity index is 1230. The van der Waals surface area contributed by atoms with E-state index in [9.17, 15) is 9.59 Å². The first-order valence-corrected chi connectivity index (χ1v) is 10.8. The number of anilines is 2. The summed E-state index contributed by atoms with van der Waals surface area (Å²) >= 11 is 0. The van der Waals surface area contributed by atoms with Gasteiger partial charge in [0, 0.05) is 43.1 Å². The highest BCUT2D eigenvalue weighted by atomic mass is 16.2. The zero-order chi connectivity index (χ0) is 23.5. The summed E-state index contributed by atoms with van der Waals surface area (Å²) in [6.07, 6.45) is 0. The molecule has 4 rings (SSSR count). The zero-order valence-electron chi connectivity index (χ0n) is 19.3. The summed E-state index contributed by atoms with van der Waals surface area (Å²) in [7, 11) is 7.49. The maximum absolute atomic E-state index is 13.2. The second-order valence-electron chi connectivity index (χ2n) is 8.59. The fraction of sp³-hybridized carbons (Fsp3) is 0.185. The second kappa shape index (κ2) is 9.30. The lowest BCUT2D eigenvalue weighted by Crippen LogP contribution is -2.21. The SMILES string of the molecule is CN(C)Cc1cccc(N/C(=C2/C(=O)Nc3cc(C(=O)N(C)C)ccc32)c2ccccc2)c1. The van der Waals surface area contributed by atoms with Gasteiger partial charge in [-0.25, -0.2) is 0 Å². The topological polar surface area (TPSA) is 64.7 Å². The Morgan fingerprint density at radius 3 is 2.33 bits per heavy atom. The predicted molar refractivity (Wildman–Crippen MR) is 134 cm³/mol. The molecule has 6 nitrogen and oxygen atoms in total. The van der Waals surface area contributed by atoms with Crippen LogP contribution in [0.3, 0.4) is 0 Å². The molecule has 0 aromatic heterocycles. The fourth-order valence-corrected chi connectivity index (χ4v) is 3.95. The smallest absolute Gasteiger partial charge is 0.258 e. The maximum Gasteiger partial charge on any atom is 0.258 e. The monoisotopic (exact) mass is 440 g/mol. The average molecular weight is 441 g/mol. The molecule has 0 spiro atoms. The standard InChI is InChI=1S/C27H28N4O2/c1-30(2)17-18-9-8-12-21(15-18)28-25(19-10-6-5-7-11-19)24-22-14-13-20(27(33)31(3)4)16-23(22)29-26(24)32/h5-16,28H,17H2,1-4H3,(H,29,32)/b25-24+. The van der Waals surface area contributed by atoms with Crippen LogP contribution in [0.2, 0.25) is 0 Å². The van der Waals surface area contributed by atoms with Crippen molar-refractivity contribution in [2.45, 2.75) is 6.54 Å². The molecule has 1 heterocycles. The van der Waals surface area contributed by atoms with Gasteiger partial charge in [-0.15, -0.1) is 0 Å². The van der Waals surface area contributed by atoms with Crippen molar-refractivity contribution in [2.24, 2.45) is 0 Å². The van der Waals surface area contributed by atoms with Gasteiger partial charge in [-0.2, -0.15) is 0 Å². The Balaban J connectivity index is 1.81. The van der Waals surface area contributed by atoms with Crippen molar-refractivity contribution in [3.8, 4) is 0 Å². The summed E-state index contributed by atoms with van der Waals surface area (Å²) in [6, 6.07) is 23.3. The van der Waals surface area contributed by atoms with E-state index in [0.29, 0.717) is 16.8 Å². The third-order valence-corrected chi connectivity index (χ3v) is 5.42. The number of hydrogen-bond donors (Lipinski definition) is 2. The number of benzene rings is 3. The van der Waals surface area contributed by atoms with E-state index in [4.69, 9.17) is 0 Å². The van der Waals surface area contributed by atoms with E-state index in [2.05, 4.69) is 27.7 Å². The molecule has 0 fully saturated rings. The molecule has 2 N–H and O–H groups in total. The molecule has 168 valence electrons. The van der Waals surface area contributed by atoms with E-state index in [1.165, 1.54) is 10.5 Å². The lowest BCUT2D eigenvalue weighted by atomic mass is 9.98. The number of nitrogens with zero attached hydrogens (tertiary/aromatic N) is 2. The zero-order valence-corrected chi connectivity index (χ0v) is 19.3. The van der Waals surface area contributed by atoms with Gasteiger partial charge in [0.2, 0.25) is 0 Å². The third kappa shape index (κ3) is 4.81. The van der Waals surface area contributed by atoms with Crippen LogP contribution in [0.25, 0.3) is 11.3 Å². The maximum atomic E-state index is 13.2. The molecule has 0 bridgehead atoms. The van der Waals surface area contributed by atoms with Crippen LogP contribution >= 0.6 is 0 Å². The highest BCUT2D eigenvalue weighted by Crippen LogP contribution is 2.38. The summed E-state index contributed by atoms with van der Waals surface area (Å²) in [5.41, 5.74) is 6.20. The summed E-state index contributed by atoms with van der Waals surface area (Å²) < 4.78 is 0. The second-order valence-corrected chi connectivity index (χ2v) is 8.59. The van der Waals surface area contributed by atoms with E-state index < -0.39 is 0 Å². The van der Waals surface area contributed by atoms with Crippen LogP contribution in [-0.2, 0) is 11.3 Å². The Labute approximate surface area is 194 Å². The van der Waals surface area contributed by atoms with Crippen molar-refractivity contribution in [1.82, 2.24) is 9.80 Å². The molecule has 0 aliphatic carbocycles. The molecule has 2 amide bonds. The van der Waals surface area contributed by atoms with Crippen LogP contribution in [0.15, 0.2) is 72.8 Å². The number of hydrogen-bond acceptors (Lipinski definition) is 4. The minimum Gasteiger partial charge on any atom is -0.354 e. The van der Waals surface area contributed by atoms with Gasteiger partial charge in [0.15, 0.2) is 0 Å². The van der Waals surface area contributed by atoms with Crippen molar-refractivity contribution in [3.05, 3.63) is 95.1 Å². The molecule has 0 atom stereocenters. The molecule has 33 heavy (non-hydrogen) atoms. The van der Waals surface area contributed by atoms with Crippen molar-refractivity contribution in [3.63, 3.8) is 0 Å². The van der Waals surface area contributed by atoms with Gasteiger partial charge in [0.05, 0.1) is 11.3 Å². The lowest BCUT2D eigenvalue weighted by Gasteiger charge is -2.16. The highest BCUT2D eigenvalue weighted by Gasteiger charge is 2.29. The molecule has 1 aliphatic heterocycles. The molecule has 0 radical (unpaired) electrons. The number of carbonyl (C=O) groups excluding carboxylic acids is 2. The molecule has 3 aromatic carbocycles. The summed E-state index contributed by atoms with van der Waals surface area (Å²) in [6.45, 7) is 0.818. The summed E-state index contributed by atoms with van der Waals surface area (Å²) in [4.78, 5) is 29.2. The van der Waals surface area contributed by atoms with E-state index in [1.807, 2.05) is 62.6 Å². The minimum atomic E-state index is -0.199. The lowest BCUT2D eigenvalue weighted by molar-refractivity contribution is -0.110. The Hall–Kier alpha value is -3.90. The van der Waals surface area contributed by atoms with E-state index in [1.54, 1.807) is 26.2 Å². The third-order valence-electron chi connectivity index (χ3n) is 5.42. The van der Waals surface area contributed by atoms with Gasteiger partial charge in [0.1, 0.15) is 0 Å². The van der Waals surface area contributed by atoms with Crippen LogP contribution in [0, 0.1) is 0 Å². The number of fused-ring (bicyclic) bond motifs is 1. The quantitative estimate of drug-likeness (QED) is 0.559. The van der Waals surface area contributed by atoms with Crippen LogP contribution in [0.4, 0.5) is 11.4 Å². The first-order chi connectivity index (χ1) is 15.8. The molecule has 0 saturated carbocycles. The van der Waals surface area contributed by atoms with Crippen LogP contribution in [0.1, 0.15) is 27.0 Å². The Morgan fingerprint density at radius 1 is 0.879 bits per heavy atom. The number of nitrogens with one attached hydrogen (secondary N) is 2. The normalized spacial score (nSPS) is 14.0. The molecule has 6 heteroatoms. The van der Waals surface area contributed by atoms with Crippen molar-refractivity contribution < 1.29 is 9.59 Å². The van der Waals surface area contributed by atoms with Gasteiger partial charge in [-0.05, 0) is 49.5 Å². The van der Waals surface area contributed by atoms with Gasteiger partial charge in [-0.1, -0.05) is 48.5 Å². The van der Waals surface area contributed by atoms with Crippen LogP contribution < -0.4 is 10.6 Å². The summed E-state index contributed by atoms with van der Waals surface area (Å²) in [5, 5.41) is 6.44. The Kier molecular flexibility index (Phi) is 6.29. The number of carbonyl (C=O) groups is 2. The molecular formula is C27H28N4O2. The predicted octanol–water partition coefficient (Wildman–Crippen LogP) is 4.38. The largest absolute Gasteiger partial charge is 0.354 e. The van der Waals surface area contributed by atoms with E-state index >= 15 is 0 Å². The first kappa shape index (κ1) is 22.3. The first-order valence-electron chi connectivity index (χ1n) is 10.8. The molecule has 0 saturated heterocycles. The molecule has 0 unspecified atom stereocenters. The van der Waals surface area contributed by atoms with Crippen LogP contribution in [0.5, 0.6) is 0 Å². The van der Waals surface area contributed by atoms with Gasteiger partial charge in [0.25, 0.3) is 11.8 Å². The van der Waals surface area contributed by atoms with Crippen LogP contribution in [-0.4, -0.2) is 49.8 Å². The minimum absolute atomic E-state index is 0.108. The summed E-state index contributed by atoms with van der Waals surface area (Å²) in [5.74, 6) is -0.307. The van der Waals surface area contributed by atoms with Gasteiger partial charge in [-0.3, -0.25) is 9.59 Å². The van der Waals surface area contributed by atoms with Crippen molar-refractivity contribution in [1.29, 1.82) is 0 Å². The molecule has 3 aromatic rings. The van der Waals surface area contributed by atoms with Gasteiger partial charge >= 0.3 is 0 Å². The number of amides is 2.